The monoisotopic (exact) mass is 410 g/mol. The molecule has 1 fully saturated rings. The number of nitrogens with zero attached hydrogens (tertiary/aromatic N) is 6. The van der Waals surface area contributed by atoms with E-state index in [0.717, 1.165) is 0 Å². The van der Waals surface area contributed by atoms with Crippen molar-refractivity contribution < 1.29 is 17.8 Å². The smallest absolute Gasteiger partial charge is 0.246 e. The van der Waals surface area contributed by atoms with E-state index in [-0.39, 0.29) is 23.3 Å². The van der Waals surface area contributed by atoms with Crippen LogP contribution in [0, 0.1) is 19.8 Å². The number of carbonyl (C=O) groups excluding carboxylic acids is 1. The van der Waals surface area contributed by atoms with Crippen LogP contribution in [0.3, 0.4) is 0 Å². The zero-order valence-corrected chi connectivity index (χ0v) is 17.4. The maximum Gasteiger partial charge on any atom is 0.246 e. The van der Waals surface area contributed by atoms with E-state index in [1.807, 2.05) is 6.92 Å². The molecule has 154 valence electrons. The van der Waals surface area contributed by atoms with E-state index in [4.69, 9.17) is 4.63 Å². The van der Waals surface area contributed by atoms with E-state index in [2.05, 4.69) is 15.4 Å². The van der Waals surface area contributed by atoms with Crippen LogP contribution in [0.15, 0.2) is 15.7 Å². The highest BCUT2D eigenvalue weighted by Crippen LogP contribution is 2.26. The number of aryl methyl sites for hydroxylation is 2. The standard InChI is InChI=1S/C17H26N6O4S/c1-5-22(11-15-12(2)19-27-20-15)17(24)14-7-6-8-23(10-14)28(25,26)16-9-18-21(4)13(16)3/h9,14H,5-8,10-11H2,1-4H3/t14-/m1/s1. The van der Waals surface area contributed by atoms with Gasteiger partial charge in [-0.15, -0.1) is 0 Å². The van der Waals surface area contributed by atoms with Crippen LogP contribution in [0.5, 0.6) is 0 Å². The fourth-order valence-electron chi connectivity index (χ4n) is 3.41. The van der Waals surface area contributed by atoms with Gasteiger partial charge in [-0.1, -0.05) is 10.3 Å². The first-order chi connectivity index (χ1) is 13.3. The number of carbonyl (C=O) groups is 1. The first-order valence-corrected chi connectivity index (χ1v) is 10.7. The van der Waals surface area contributed by atoms with Gasteiger partial charge in [0.15, 0.2) is 0 Å². The third kappa shape index (κ3) is 3.81. The van der Waals surface area contributed by atoms with Gasteiger partial charge in [0.2, 0.25) is 15.9 Å². The van der Waals surface area contributed by atoms with Crippen LogP contribution in [0.1, 0.15) is 36.8 Å². The van der Waals surface area contributed by atoms with Gasteiger partial charge in [-0.25, -0.2) is 13.0 Å². The van der Waals surface area contributed by atoms with Crippen molar-refractivity contribution in [1.82, 2.24) is 29.3 Å². The number of rotatable bonds is 6. The van der Waals surface area contributed by atoms with Crippen LogP contribution in [0.2, 0.25) is 0 Å². The molecule has 0 aliphatic carbocycles. The third-order valence-electron chi connectivity index (χ3n) is 5.32. The molecule has 10 nitrogen and oxygen atoms in total. The second-order valence-corrected chi connectivity index (χ2v) is 8.98. The summed E-state index contributed by atoms with van der Waals surface area (Å²) in [4.78, 5) is 14.9. The summed E-state index contributed by atoms with van der Waals surface area (Å²) in [6.07, 6.45) is 2.66. The van der Waals surface area contributed by atoms with Gasteiger partial charge in [0.25, 0.3) is 0 Å². The summed E-state index contributed by atoms with van der Waals surface area (Å²) in [5.74, 6) is -0.465. The Hall–Kier alpha value is -2.27. The van der Waals surface area contributed by atoms with E-state index >= 15 is 0 Å². The molecule has 11 heteroatoms. The van der Waals surface area contributed by atoms with E-state index in [1.165, 1.54) is 15.2 Å². The number of hydrogen-bond acceptors (Lipinski definition) is 7. The predicted molar refractivity (Wildman–Crippen MR) is 99.6 cm³/mol. The lowest BCUT2D eigenvalue weighted by Crippen LogP contribution is -2.46. The lowest BCUT2D eigenvalue weighted by atomic mass is 9.98. The molecular weight excluding hydrogens is 384 g/mol. The molecule has 0 spiro atoms. The summed E-state index contributed by atoms with van der Waals surface area (Å²) in [6, 6.07) is 0. The topological polar surface area (TPSA) is 114 Å². The molecule has 1 aliphatic rings. The Bertz CT molecular complexity index is 951. The molecule has 1 atom stereocenters. The number of hydrogen-bond donors (Lipinski definition) is 0. The molecule has 3 rings (SSSR count). The summed E-state index contributed by atoms with van der Waals surface area (Å²) < 4.78 is 33.7. The second kappa shape index (κ2) is 8.00. The van der Waals surface area contributed by atoms with Crippen LogP contribution in [-0.2, 0) is 28.4 Å². The van der Waals surface area contributed by atoms with Crippen molar-refractivity contribution in [3.05, 3.63) is 23.3 Å². The van der Waals surface area contributed by atoms with Crippen molar-refractivity contribution >= 4 is 15.9 Å². The molecule has 0 bridgehead atoms. The molecule has 0 N–H and O–H groups in total. The van der Waals surface area contributed by atoms with Gasteiger partial charge in [-0.05, 0) is 33.6 Å². The van der Waals surface area contributed by atoms with Gasteiger partial charge >= 0.3 is 0 Å². The molecule has 3 heterocycles. The minimum Gasteiger partial charge on any atom is -0.337 e. The van der Waals surface area contributed by atoms with Gasteiger partial charge in [0.1, 0.15) is 16.3 Å². The minimum atomic E-state index is -3.69. The van der Waals surface area contributed by atoms with Crippen molar-refractivity contribution in [1.29, 1.82) is 0 Å². The molecule has 0 saturated carbocycles. The van der Waals surface area contributed by atoms with Gasteiger partial charge in [0, 0.05) is 26.7 Å². The lowest BCUT2D eigenvalue weighted by Gasteiger charge is -2.33. The van der Waals surface area contributed by atoms with Gasteiger partial charge in [-0.2, -0.15) is 9.40 Å². The molecule has 0 unspecified atom stereocenters. The summed E-state index contributed by atoms with van der Waals surface area (Å²) in [5, 5.41) is 11.6. The van der Waals surface area contributed by atoms with E-state index in [9.17, 15) is 13.2 Å². The second-order valence-electron chi connectivity index (χ2n) is 7.07. The number of amides is 1. The van der Waals surface area contributed by atoms with Crippen molar-refractivity contribution in [3.8, 4) is 0 Å². The maximum atomic E-state index is 13.1. The van der Waals surface area contributed by atoms with Crippen molar-refractivity contribution in [2.75, 3.05) is 19.6 Å². The first-order valence-electron chi connectivity index (χ1n) is 9.31. The normalized spacial score (nSPS) is 18.4. The van der Waals surface area contributed by atoms with Crippen molar-refractivity contribution in [2.24, 2.45) is 13.0 Å². The molecule has 1 aliphatic heterocycles. The highest BCUT2D eigenvalue weighted by molar-refractivity contribution is 7.89. The largest absolute Gasteiger partial charge is 0.337 e. The Labute approximate surface area is 164 Å². The molecule has 2 aromatic rings. The average Bonchev–Trinajstić information content (AvgIpc) is 3.24. The molecular formula is C17H26N6O4S. The number of sulfonamides is 1. The summed E-state index contributed by atoms with van der Waals surface area (Å²) in [5.41, 5.74) is 1.84. The summed E-state index contributed by atoms with van der Waals surface area (Å²) in [6.45, 7) is 6.75. The van der Waals surface area contributed by atoms with Crippen LogP contribution in [-0.4, -0.2) is 63.3 Å². The van der Waals surface area contributed by atoms with Crippen molar-refractivity contribution in [2.45, 2.75) is 45.1 Å². The Morgan fingerprint density at radius 1 is 1.36 bits per heavy atom. The van der Waals surface area contributed by atoms with Crippen LogP contribution >= 0.6 is 0 Å². The minimum absolute atomic E-state index is 0.0762. The Morgan fingerprint density at radius 2 is 2.11 bits per heavy atom. The maximum absolute atomic E-state index is 13.1. The highest BCUT2D eigenvalue weighted by atomic mass is 32.2. The Kier molecular flexibility index (Phi) is 5.84. The molecule has 1 saturated heterocycles. The number of piperidine rings is 1. The zero-order valence-electron chi connectivity index (χ0n) is 16.6. The van der Waals surface area contributed by atoms with Crippen LogP contribution < -0.4 is 0 Å². The fourth-order valence-corrected chi connectivity index (χ4v) is 5.12. The molecule has 28 heavy (non-hydrogen) atoms. The summed E-state index contributed by atoms with van der Waals surface area (Å²) in [7, 11) is -1.98. The molecule has 0 radical (unpaired) electrons. The quantitative estimate of drug-likeness (QED) is 0.694. The molecule has 0 aromatic carbocycles. The first kappa shape index (κ1) is 20.5. The highest BCUT2D eigenvalue weighted by Gasteiger charge is 2.36. The van der Waals surface area contributed by atoms with Gasteiger partial charge < -0.3 is 4.90 Å². The van der Waals surface area contributed by atoms with Crippen molar-refractivity contribution in [3.63, 3.8) is 0 Å². The van der Waals surface area contributed by atoms with Crippen LogP contribution in [0.4, 0.5) is 0 Å². The fraction of sp³-hybridized carbons (Fsp3) is 0.647. The van der Waals surface area contributed by atoms with Crippen LogP contribution in [0.25, 0.3) is 0 Å². The van der Waals surface area contributed by atoms with Gasteiger partial charge in [0.05, 0.1) is 24.4 Å². The average molecular weight is 411 g/mol. The van der Waals surface area contributed by atoms with Gasteiger partial charge in [-0.3, -0.25) is 9.48 Å². The SMILES string of the molecule is CCN(Cc1nonc1C)C(=O)[C@@H]1CCCN(S(=O)(=O)c2cnn(C)c2C)C1. The third-order valence-corrected chi connectivity index (χ3v) is 7.29. The van der Waals surface area contributed by atoms with E-state index in [1.54, 1.807) is 25.8 Å². The molecule has 2 aromatic heterocycles. The summed E-state index contributed by atoms with van der Waals surface area (Å²) >= 11 is 0. The lowest BCUT2D eigenvalue weighted by molar-refractivity contribution is -0.137. The van der Waals surface area contributed by atoms with E-state index in [0.29, 0.717) is 49.6 Å². The Morgan fingerprint density at radius 3 is 2.68 bits per heavy atom. The van der Waals surface area contributed by atoms with E-state index < -0.39 is 10.0 Å². The Balaban J connectivity index is 1.75. The number of aromatic nitrogens is 4. The zero-order chi connectivity index (χ0) is 20.5. The predicted octanol–water partition coefficient (Wildman–Crippen LogP) is 0.869. The molecule has 1 amide bonds.